The van der Waals surface area contributed by atoms with E-state index in [9.17, 15) is 9.18 Å². The van der Waals surface area contributed by atoms with Crippen LogP contribution in [0.4, 0.5) is 4.39 Å². The van der Waals surface area contributed by atoms with Gasteiger partial charge < -0.3 is 15.2 Å². The van der Waals surface area contributed by atoms with Gasteiger partial charge in [-0.05, 0) is 37.1 Å². The normalized spacial score (nSPS) is 16.8. The molecule has 0 radical (unpaired) electrons. The maximum atomic E-state index is 14.7. The lowest BCUT2D eigenvalue weighted by Crippen LogP contribution is -2.18. The molecule has 1 aliphatic rings. The van der Waals surface area contributed by atoms with Gasteiger partial charge in [-0.25, -0.2) is 9.37 Å². The van der Waals surface area contributed by atoms with Crippen LogP contribution >= 0.6 is 22.9 Å². The number of ether oxygens (including phenoxy) is 2. The number of aromatic nitrogens is 2. The first-order valence-electron chi connectivity index (χ1n) is 10.3. The van der Waals surface area contributed by atoms with E-state index in [1.807, 2.05) is 13.0 Å². The molecule has 0 spiro atoms. The van der Waals surface area contributed by atoms with E-state index in [2.05, 4.69) is 9.97 Å². The Kier molecular flexibility index (Phi) is 6.74. The predicted molar refractivity (Wildman–Crippen MR) is 122 cm³/mol. The number of carbonyl (C=O) groups excluding carboxylic acids is 1. The topological polar surface area (TPSA) is 87.3 Å². The highest BCUT2D eigenvalue weighted by atomic mass is 35.5. The van der Waals surface area contributed by atoms with Crippen LogP contribution in [0.1, 0.15) is 45.8 Å². The number of nitrogens with zero attached hydrogens (tertiary/aromatic N) is 2. The quantitative estimate of drug-likeness (QED) is 0.521. The molecule has 3 heterocycles. The summed E-state index contributed by atoms with van der Waals surface area (Å²) in [4.78, 5) is 22.2. The number of hydrogen-bond acceptors (Lipinski definition) is 6. The molecule has 1 amide bonds. The van der Waals surface area contributed by atoms with Gasteiger partial charge in [-0.1, -0.05) is 18.5 Å². The van der Waals surface area contributed by atoms with Crippen molar-refractivity contribution in [3.8, 4) is 16.3 Å². The second-order valence-electron chi connectivity index (χ2n) is 7.86. The summed E-state index contributed by atoms with van der Waals surface area (Å²) in [6, 6.07) is 4.65. The third kappa shape index (κ3) is 4.77. The molecule has 9 heteroatoms. The molecule has 0 bridgehead atoms. The molecule has 1 saturated heterocycles. The standard InChI is InChI=1S/C23H23ClFN3O3S/c1-12-8-28-23(32-12)18-7-16(31-11-14-3-4-30-10-14)6-17(22(26)29)20(18)13(2)21-19(25)5-15(24)9-27-21/h5-9,13-14H,3-4,10-11H2,1-2H3,(H2,26,29)/t13?,14-/m0/s1. The zero-order chi connectivity index (χ0) is 22.8. The van der Waals surface area contributed by atoms with Gasteiger partial charge in [-0.3, -0.25) is 9.78 Å². The van der Waals surface area contributed by atoms with Crippen molar-refractivity contribution in [3.63, 3.8) is 0 Å². The monoisotopic (exact) mass is 475 g/mol. The van der Waals surface area contributed by atoms with Gasteiger partial charge in [0, 0.05) is 46.8 Å². The first-order valence-corrected chi connectivity index (χ1v) is 11.4. The van der Waals surface area contributed by atoms with Gasteiger partial charge in [0.05, 0.1) is 23.9 Å². The summed E-state index contributed by atoms with van der Waals surface area (Å²) in [6.07, 6.45) is 4.07. The fourth-order valence-corrected chi connectivity index (χ4v) is 4.79. The van der Waals surface area contributed by atoms with Gasteiger partial charge >= 0.3 is 0 Å². The zero-order valence-corrected chi connectivity index (χ0v) is 19.3. The summed E-state index contributed by atoms with van der Waals surface area (Å²) in [5.41, 5.74) is 7.40. The lowest BCUT2D eigenvalue weighted by atomic mass is 9.87. The highest BCUT2D eigenvalue weighted by Crippen LogP contribution is 2.40. The van der Waals surface area contributed by atoms with Crippen molar-refractivity contribution in [2.45, 2.75) is 26.2 Å². The number of carbonyl (C=O) groups is 1. The number of benzene rings is 1. The molecule has 32 heavy (non-hydrogen) atoms. The number of hydrogen-bond donors (Lipinski definition) is 1. The number of aryl methyl sites for hydroxylation is 1. The number of primary amides is 1. The molecule has 0 saturated carbocycles. The Bertz CT molecular complexity index is 1150. The summed E-state index contributed by atoms with van der Waals surface area (Å²) >= 11 is 7.35. The Morgan fingerprint density at radius 3 is 2.81 bits per heavy atom. The third-order valence-corrected chi connectivity index (χ3v) is 6.61. The van der Waals surface area contributed by atoms with E-state index in [4.69, 9.17) is 26.8 Å². The van der Waals surface area contributed by atoms with Crippen LogP contribution in [-0.4, -0.2) is 35.7 Å². The average molecular weight is 476 g/mol. The summed E-state index contributed by atoms with van der Waals surface area (Å²) in [5.74, 6) is -0.961. The van der Waals surface area contributed by atoms with Crippen molar-refractivity contribution in [2.24, 2.45) is 11.7 Å². The van der Waals surface area contributed by atoms with Gasteiger partial charge in [0.25, 0.3) is 0 Å². The number of halogens is 2. The Labute approximate surface area is 194 Å². The Hall–Kier alpha value is -2.55. The van der Waals surface area contributed by atoms with Crippen LogP contribution in [0.25, 0.3) is 10.6 Å². The largest absolute Gasteiger partial charge is 0.493 e. The molecule has 4 rings (SSSR count). The predicted octanol–water partition coefficient (Wildman–Crippen LogP) is 4.97. The van der Waals surface area contributed by atoms with Gasteiger partial charge in [-0.2, -0.15) is 0 Å². The highest BCUT2D eigenvalue weighted by Gasteiger charge is 2.27. The second kappa shape index (κ2) is 9.52. The second-order valence-corrected chi connectivity index (χ2v) is 9.53. The Morgan fingerprint density at radius 2 is 2.19 bits per heavy atom. The number of pyridine rings is 1. The number of thiazole rings is 1. The van der Waals surface area contributed by atoms with Gasteiger partial charge in [0.15, 0.2) is 0 Å². The molecule has 3 aromatic rings. The van der Waals surface area contributed by atoms with Gasteiger partial charge in [0.2, 0.25) is 5.91 Å². The molecule has 0 aliphatic carbocycles. The summed E-state index contributed by atoms with van der Waals surface area (Å²) in [6.45, 7) is 5.57. The Balaban J connectivity index is 1.83. The minimum atomic E-state index is -0.634. The van der Waals surface area contributed by atoms with E-state index in [1.54, 1.807) is 19.2 Å². The van der Waals surface area contributed by atoms with E-state index in [1.165, 1.54) is 23.6 Å². The number of amides is 1. The van der Waals surface area contributed by atoms with E-state index in [0.29, 0.717) is 41.0 Å². The first kappa shape index (κ1) is 22.6. The third-order valence-electron chi connectivity index (χ3n) is 5.46. The molecule has 1 unspecified atom stereocenters. The van der Waals surface area contributed by atoms with Crippen molar-refractivity contribution in [3.05, 3.63) is 63.1 Å². The van der Waals surface area contributed by atoms with Crippen LogP contribution in [-0.2, 0) is 4.74 Å². The number of rotatable bonds is 7. The SMILES string of the molecule is Cc1cnc(-c2cc(OC[C@H]3CCOC3)cc(C(N)=O)c2C(C)c2ncc(Cl)cc2F)s1. The maximum Gasteiger partial charge on any atom is 0.249 e. The van der Waals surface area contributed by atoms with Crippen molar-refractivity contribution < 1.29 is 18.7 Å². The van der Waals surface area contributed by atoms with E-state index in [0.717, 1.165) is 17.9 Å². The van der Waals surface area contributed by atoms with Gasteiger partial charge in [0.1, 0.15) is 16.6 Å². The molecule has 168 valence electrons. The van der Waals surface area contributed by atoms with Crippen LogP contribution in [0.2, 0.25) is 5.02 Å². The minimum absolute atomic E-state index is 0.170. The number of nitrogens with two attached hydrogens (primary N) is 1. The molecule has 2 atom stereocenters. The summed E-state index contributed by atoms with van der Waals surface area (Å²) < 4.78 is 26.1. The molecular weight excluding hydrogens is 453 g/mol. The minimum Gasteiger partial charge on any atom is -0.493 e. The fraction of sp³-hybridized carbons (Fsp3) is 0.348. The zero-order valence-electron chi connectivity index (χ0n) is 17.7. The molecule has 2 N–H and O–H groups in total. The van der Waals surface area contributed by atoms with E-state index < -0.39 is 17.6 Å². The molecular formula is C23H23ClFN3O3S. The summed E-state index contributed by atoms with van der Waals surface area (Å²) in [7, 11) is 0. The maximum absolute atomic E-state index is 14.7. The fourth-order valence-electron chi connectivity index (χ4n) is 3.85. The van der Waals surface area contributed by atoms with Crippen molar-refractivity contribution in [1.29, 1.82) is 0 Å². The Morgan fingerprint density at radius 1 is 1.38 bits per heavy atom. The van der Waals surface area contributed by atoms with Crippen LogP contribution in [0.3, 0.4) is 0 Å². The lowest BCUT2D eigenvalue weighted by molar-refractivity contribution is 0.0998. The molecule has 2 aromatic heterocycles. The highest BCUT2D eigenvalue weighted by molar-refractivity contribution is 7.15. The van der Waals surface area contributed by atoms with Crippen LogP contribution in [0.5, 0.6) is 5.75 Å². The molecule has 6 nitrogen and oxygen atoms in total. The van der Waals surface area contributed by atoms with Crippen molar-refractivity contribution in [2.75, 3.05) is 19.8 Å². The summed E-state index contributed by atoms with van der Waals surface area (Å²) in [5, 5.41) is 0.889. The molecule has 1 fully saturated rings. The van der Waals surface area contributed by atoms with Gasteiger partial charge in [-0.15, -0.1) is 11.3 Å². The van der Waals surface area contributed by atoms with E-state index >= 15 is 0 Å². The first-order chi connectivity index (χ1) is 15.3. The van der Waals surface area contributed by atoms with Crippen LogP contribution in [0, 0.1) is 18.7 Å². The lowest BCUT2D eigenvalue weighted by Gasteiger charge is -2.21. The van der Waals surface area contributed by atoms with Crippen molar-refractivity contribution in [1.82, 2.24) is 9.97 Å². The van der Waals surface area contributed by atoms with E-state index in [-0.39, 0.29) is 16.3 Å². The van der Waals surface area contributed by atoms with Crippen molar-refractivity contribution >= 4 is 28.8 Å². The van der Waals surface area contributed by atoms with Crippen LogP contribution in [0.15, 0.2) is 30.6 Å². The smallest absolute Gasteiger partial charge is 0.249 e. The van der Waals surface area contributed by atoms with Crippen LogP contribution < -0.4 is 10.5 Å². The molecule has 1 aliphatic heterocycles. The molecule has 1 aromatic carbocycles. The average Bonchev–Trinajstić information content (AvgIpc) is 3.43.